The number of carbonyl (C=O) groups is 1. The van der Waals surface area contributed by atoms with Crippen LogP contribution in [0.15, 0.2) is 91.0 Å². The Hall–Kier alpha value is -3.30. The van der Waals surface area contributed by atoms with Gasteiger partial charge in [0.05, 0.1) is 0 Å². The molecule has 0 unspecified atom stereocenters. The second-order valence-corrected chi connectivity index (χ2v) is 6.53. The fourth-order valence-corrected chi connectivity index (χ4v) is 2.90. The summed E-state index contributed by atoms with van der Waals surface area (Å²) in [7, 11) is 0. The molecular weight excluding hydrogens is 358 g/mol. The van der Waals surface area contributed by atoms with E-state index in [4.69, 9.17) is 16.3 Å². The maximum atomic E-state index is 12.5. The molecule has 27 heavy (non-hydrogen) atoms. The lowest BCUT2D eigenvalue weighted by atomic mass is 10.1. The number of fused-ring (bicyclic) bond motifs is 1. The SMILES string of the molecule is O=C(Nc1ccc(Oc2ccc(Cl)cc2)cc1)c1ccc2ccccc2c1. The summed E-state index contributed by atoms with van der Waals surface area (Å²) in [5.41, 5.74) is 1.33. The van der Waals surface area contributed by atoms with E-state index in [9.17, 15) is 4.79 Å². The largest absolute Gasteiger partial charge is 0.457 e. The van der Waals surface area contributed by atoms with Gasteiger partial charge in [-0.05, 0) is 71.4 Å². The van der Waals surface area contributed by atoms with Gasteiger partial charge in [0.25, 0.3) is 5.91 Å². The number of ether oxygens (including phenoxy) is 1. The van der Waals surface area contributed by atoms with E-state index < -0.39 is 0 Å². The van der Waals surface area contributed by atoms with Crippen molar-refractivity contribution in [2.24, 2.45) is 0 Å². The number of halogens is 1. The zero-order valence-electron chi connectivity index (χ0n) is 14.4. The Morgan fingerprint density at radius 1 is 0.741 bits per heavy atom. The molecule has 0 atom stereocenters. The number of carbonyl (C=O) groups excluding carboxylic acids is 1. The highest BCUT2D eigenvalue weighted by molar-refractivity contribution is 6.30. The van der Waals surface area contributed by atoms with Crippen molar-refractivity contribution < 1.29 is 9.53 Å². The molecule has 0 aliphatic carbocycles. The summed E-state index contributed by atoms with van der Waals surface area (Å²) in [5.74, 6) is 1.24. The minimum atomic E-state index is -0.146. The van der Waals surface area contributed by atoms with E-state index in [1.807, 2.05) is 66.7 Å². The monoisotopic (exact) mass is 373 g/mol. The normalized spacial score (nSPS) is 10.6. The smallest absolute Gasteiger partial charge is 0.255 e. The third kappa shape index (κ3) is 4.10. The molecule has 4 aromatic carbocycles. The summed E-state index contributed by atoms with van der Waals surface area (Å²) in [6, 6.07) is 28.0. The highest BCUT2D eigenvalue weighted by Crippen LogP contribution is 2.25. The minimum absolute atomic E-state index is 0.146. The Kier molecular flexibility index (Phi) is 4.77. The van der Waals surface area contributed by atoms with Crippen molar-refractivity contribution in [3.05, 3.63) is 102 Å². The molecule has 4 aromatic rings. The molecule has 0 heterocycles. The Morgan fingerprint density at radius 3 is 2.07 bits per heavy atom. The van der Waals surface area contributed by atoms with Crippen molar-refractivity contribution in [2.45, 2.75) is 0 Å². The maximum absolute atomic E-state index is 12.5. The Bertz CT molecular complexity index is 1090. The topological polar surface area (TPSA) is 38.3 Å². The molecule has 0 radical (unpaired) electrons. The van der Waals surface area contributed by atoms with Crippen LogP contribution in [0.3, 0.4) is 0 Å². The summed E-state index contributed by atoms with van der Waals surface area (Å²) in [5, 5.41) is 5.72. The van der Waals surface area contributed by atoms with Crippen LogP contribution in [0.25, 0.3) is 10.8 Å². The van der Waals surface area contributed by atoms with Gasteiger partial charge in [-0.3, -0.25) is 4.79 Å². The van der Waals surface area contributed by atoms with Crippen LogP contribution in [-0.2, 0) is 0 Å². The molecular formula is C23H16ClNO2. The second-order valence-electron chi connectivity index (χ2n) is 6.10. The average molecular weight is 374 g/mol. The summed E-state index contributed by atoms with van der Waals surface area (Å²) in [6.45, 7) is 0. The highest BCUT2D eigenvalue weighted by Gasteiger charge is 2.07. The first-order chi connectivity index (χ1) is 13.2. The van der Waals surface area contributed by atoms with Crippen molar-refractivity contribution in [2.75, 3.05) is 5.32 Å². The van der Waals surface area contributed by atoms with E-state index in [1.54, 1.807) is 24.3 Å². The molecule has 0 aliphatic rings. The number of hydrogen-bond donors (Lipinski definition) is 1. The first-order valence-corrected chi connectivity index (χ1v) is 8.89. The third-order valence-electron chi connectivity index (χ3n) is 4.17. The van der Waals surface area contributed by atoms with Gasteiger partial charge in [0, 0.05) is 16.3 Å². The van der Waals surface area contributed by atoms with Gasteiger partial charge < -0.3 is 10.1 Å². The van der Waals surface area contributed by atoms with Gasteiger partial charge in [0.15, 0.2) is 0 Å². The fraction of sp³-hybridized carbons (Fsp3) is 0. The lowest BCUT2D eigenvalue weighted by Crippen LogP contribution is -2.11. The molecule has 1 amide bonds. The van der Waals surface area contributed by atoms with Crippen molar-refractivity contribution >= 4 is 34.0 Å². The Balaban J connectivity index is 1.45. The van der Waals surface area contributed by atoms with Crippen molar-refractivity contribution in [3.63, 3.8) is 0 Å². The van der Waals surface area contributed by atoms with E-state index in [0.717, 1.165) is 10.8 Å². The average Bonchev–Trinajstić information content (AvgIpc) is 2.71. The zero-order valence-corrected chi connectivity index (χ0v) is 15.1. The number of benzene rings is 4. The van der Waals surface area contributed by atoms with E-state index in [-0.39, 0.29) is 5.91 Å². The zero-order chi connectivity index (χ0) is 18.6. The molecule has 0 bridgehead atoms. The molecule has 0 spiro atoms. The molecule has 0 aromatic heterocycles. The van der Waals surface area contributed by atoms with E-state index in [2.05, 4.69) is 5.32 Å². The standard InChI is InChI=1S/C23H16ClNO2/c24-19-7-11-21(12-8-19)27-22-13-9-20(10-14-22)25-23(26)18-6-5-16-3-1-2-4-17(16)15-18/h1-15H,(H,25,26). The highest BCUT2D eigenvalue weighted by atomic mass is 35.5. The summed E-state index contributed by atoms with van der Waals surface area (Å²) in [6.07, 6.45) is 0. The lowest BCUT2D eigenvalue weighted by Gasteiger charge is -2.09. The summed E-state index contributed by atoms with van der Waals surface area (Å²) in [4.78, 5) is 12.5. The van der Waals surface area contributed by atoms with Crippen molar-refractivity contribution in [3.8, 4) is 11.5 Å². The van der Waals surface area contributed by atoms with E-state index >= 15 is 0 Å². The van der Waals surface area contributed by atoms with Crippen LogP contribution in [-0.4, -0.2) is 5.91 Å². The molecule has 4 rings (SSSR count). The fourth-order valence-electron chi connectivity index (χ4n) is 2.78. The molecule has 132 valence electrons. The van der Waals surface area contributed by atoms with Crippen LogP contribution < -0.4 is 10.1 Å². The maximum Gasteiger partial charge on any atom is 0.255 e. The molecule has 1 N–H and O–H groups in total. The van der Waals surface area contributed by atoms with Crippen LogP contribution in [0.5, 0.6) is 11.5 Å². The number of anilines is 1. The summed E-state index contributed by atoms with van der Waals surface area (Å²) >= 11 is 5.87. The molecule has 0 saturated heterocycles. The van der Waals surface area contributed by atoms with Gasteiger partial charge in [-0.25, -0.2) is 0 Å². The van der Waals surface area contributed by atoms with Crippen LogP contribution in [0.2, 0.25) is 5.02 Å². The van der Waals surface area contributed by atoms with Crippen LogP contribution in [0, 0.1) is 0 Å². The summed E-state index contributed by atoms with van der Waals surface area (Å²) < 4.78 is 5.75. The van der Waals surface area contributed by atoms with Gasteiger partial charge in [-0.15, -0.1) is 0 Å². The van der Waals surface area contributed by atoms with Crippen molar-refractivity contribution in [1.82, 2.24) is 0 Å². The molecule has 3 nitrogen and oxygen atoms in total. The van der Waals surface area contributed by atoms with Gasteiger partial charge in [-0.1, -0.05) is 41.9 Å². The Morgan fingerprint density at radius 2 is 1.37 bits per heavy atom. The predicted molar refractivity (Wildman–Crippen MR) is 110 cm³/mol. The number of nitrogens with one attached hydrogen (secondary N) is 1. The molecule has 0 fully saturated rings. The molecule has 0 saturated carbocycles. The minimum Gasteiger partial charge on any atom is -0.457 e. The third-order valence-corrected chi connectivity index (χ3v) is 4.43. The first kappa shape index (κ1) is 17.1. The van der Waals surface area contributed by atoms with Crippen LogP contribution in [0.4, 0.5) is 5.69 Å². The second kappa shape index (κ2) is 7.52. The van der Waals surface area contributed by atoms with Gasteiger partial charge in [0.2, 0.25) is 0 Å². The van der Waals surface area contributed by atoms with Crippen molar-refractivity contribution in [1.29, 1.82) is 0 Å². The van der Waals surface area contributed by atoms with Gasteiger partial charge in [-0.2, -0.15) is 0 Å². The molecule has 4 heteroatoms. The number of amides is 1. The number of hydrogen-bond acceptors (Lipinski definition) is 2. The van der Waals surface area contributed by atoms with E-state index in [1.165, 1.54) is 0 Å². The first-order valence-electron chi connectivity index (χ1n) is 8.51. The van der Waals surface area contributed by atoms with Crippen LogP contribution >= 0.6 is 11.6 Å². The lowest BCUT2D eigenvalue weighted by molar-refractivity contribution is 0.102. The van der Waals surface area contributed by atoms with Crippen LogP contribution in [0.1, 0.15) is 10.4 Å². The van der Waals surface area contributed by atoms with Gasteiger partial charge in [0.1, 0.15) is 11.5 Å². The van der Waals surface area contributed by atoms with E-state index in [0.29, 0.717) is 27.8 Å². The quantitative estimate of drug-likeness (QED) is 0.441. The van der Waals surface area contributed by atoms with Gasteiger partial charge >= 0.3 is 0 Å². The number of rotatable bonds is 4. The Labute approximate surface area is 162 Å². The molecule has 0 aliphatic heterocycles. The predicted octanol–water partition coefficient (Wildman–Crippen LogP) is 6.54.